The lowest BCUT2D eigenvalue weighted by Crippen LogP contribution is -2.51. The molecule has 0 saturated heterocycles. The molecule has 234 valence electrons. The number of aryl methyl sites for hydroxylation is 1. The van der Waals surface area contributed by atoms with Gasteiger partial charge in [0.25, 0.3) is 11.4 Å². The van der Waals surface area contributed by atoms with Gasteiger partial charge in [0, 0.05) is 17.5 Å². The summed E-state index contributed by atoms with van der Waals surface area (Å²) in [6.45, 7) is 12.6. The Bertz CT molecular complexity index is 1340. The van der Waals surface area contributed by atoms with E-state index in [1.54, 1.807) is 50.3 Å². The molecule has 0 saturated carbocycles. The molecule has 1 aliphatic rings. The number of aliphatic hydroxyl groups is 1. The molecular formula is C31H42N3O7S2+. The smallest absolute Gasteiger partial charge is 0.407 e. The Hall–Kier alpha value is -3.03. The van der Waals surface area contributed by atoms with E-state index in [4.69, 9.17) is 18.9 Å². The number of nitrogens with zero attached hydrogens (tertiary/aromatic N) is 2. The van der Waals surface area contributed by atoms with E-state index in [1.807, 2.05) is 54.7 Å². The highest BCUT2D eigenvalue weighted by Crippen LogP contribution is 2.35. The van der Waals surface area contributed by atoms with Crippen molar-refractivity contribution in [3.63, 3.8) is 0 Å². The maximum Gasteiger partial charge on any atom is 0.407 e. The SMILES string of the molecule is Cc1nc(COc2ccc(CC(NC(=O)OC(C)(C)C)C(O)CN(CC(C)C)[S+](O)c3ccc4c(c3)OCO4)cc2)cs1. The molecule has 43 heavy (non-hydrogen) atoms. The summed E-state index contributed by atoms with van der Waals surface area (Å²) in [5, 5.41) is 17.4. The number of amides is 1. The van der Waals surface area contributed by atoms with Crippen LogP contribution in [0.4, 0.5) is 4.79 Å². The van der Waals surface area contributed by atoms with Crippen molar-refractivity contribution in [2.24, 2.45) is 5.92 Å². The van der Waals surface area contributed by atoms with Crippen molar-refractivity contribution in [1.82, 2.24) is 14.6 Å². The van der Waals surface area contributed by atoms with Crippen LogP contribution in [0.5, 0.6) is 17.2 Å². The molecule has 1 amide bonds. The van der Waals surface area contributed by atoms with Crippen LogP contribution in [-0.2, 0) is 29.1 Å². The minimum absolute atomic E-state index is 0.112. The molecule has 2 aromatic carbocycles. The predicted molar refractivity (Wildman–Crippen MR) is 168 cm³/mol. The van der Waals surface area contributed by atoms with Crippen LogP contribution < -0.4 is 19.5 Å². The molecule has 3 N–H and O–H groups in total. The first-order valence-corrected chi connectivity index (χ1v) is 16.3. The summed E-state index contributed by atoms with van der Waals surface area (Å²) in [4.78, 5) is 17.9. The van der Waals surface area contributed by atoms with Crippen LogP contribution in [0.25, 0.3) is 0 Å². The van der Waals surface area contributed by atoms with Crippen molar-refractivity contribution in [1.29, 1.82) is 0 Å². The number of rotatable bonds is 13. The Morgan fingerprint density at radius 1 is 1.14 bits per heavy atom. The zero-order chi connectivity index (χ0) is 31.1. The van der Waals surface area contributed by atoms with Gasteiger partial charge in [0.1, 0.15) is 18.0 Å². The second kappa shape index (κ2) is 14.6. The van der Waals surface area contributed by atoms with E-state index in [1.165, 1.54) is 0 Å². The van der Waals surface area contributed by atoms with E-state index in [0.29, 0.717) is 41.7 Å². The number of fused-ring (bicyclic) bond motifs is 1. The number of benzene rings is 2. The Morgan fingerprint density at radius 2 is 1.86 bits per heavy atom. The topological polar surface area (TPSA) is 123 Å². The number of ether oxygens (including phenoxy) is 4. The third kappa shape index (κ3) is 10.0. The zero-order valence-electron chi connectivity index (χ0n) is 25.5. The molecule has 0 bridgehead atoms. The van der Waals surface area contributed by atoms with Gasteiger partial charge in [-0.05, 0) is 63.8 Å². The third-order valence-corrected chi connectivity index (χ3v) is 8.64. The van der Waals surface area contributed by atoms with E-state index in [2.05, 4.69) is 10.3 Å². The van der Waals surface area contributed by atoms with Crippen LogP contribution >= 0.6 is 11.3 Å². The van der Waals surface area contributed by atoms with Crippen LogP contribution in [0.2, 0.25) is 0 Å². The van der Waals surface area contributed by atoms with Gasteiger partial charge in [0.15, 0.2) is 11.5 Å². The highest BCUT2D eigenvalue weighted by molar-refractivity contribution is 7.89. The molecule has 2 heterocycles. The van der Waals surface area contributed by atoms with E-state index < -0.39 is 35.2 Å². The maximum absolute atomic E-state index is 12.8. The molecule has 12 heteroatoms. The Balaban J connectivity index is 1.48. The molecule has 3 aromatic rings. The van der Waals surface area contributed by atoms with Crippen molar-refractivity contribution in [2.75, 3.05) is 19.9 Å². The van der Waals surface area contributed by atoms with Crippen LogP contribution in [0.15, 0.2) is 52.7 Å². The molecule has 0 spiro atoms. The van der Waals surface area contributed by atoms with Gasteiger partial charge in [-0.2, -0.15) is 4.55 Å². The minimum atomic E-state index is -1.34. The van der Waals surface area contributed by atoms with Gasteiger partial charge in [0.05, 0.1) is 35.9 Å². The van der Waals surface area contributed by atoms with Crippen molar-refractivity contribution in [2.45, 2.75) is 77.2 Å². The van der Waals surface area contributed by atoms with Crippen molar-refractivity contribution >= 4 is 28.8 Å². The zero-order valence-corrected chi connectivity index (χ0v) is 27.2. The fraction of sp³-hybridized carbons (Fsp3) is 0.484. The molecule has 4 rings (SSSR count). The average molecular weight is 633 g/mol. The summed E-state index contributed by atoms with van der Waals surface area (Å²) in [6, 6.07) is 12.2. The van der Waals surface area contributed by atoms with Gasteiger partial charge in [-0.25, -0.2) is 9.78 Å². The summed E-state index contributed by atoms with van der Waals surface area (Å²) in [6.07, 6.45) is -1.31. The summed E-state index contributed by atoms with van der Waals surface area (Å²) >= 11 is 0.240. The number of carbonyl (C=O) groups is 1. The van der Waals surface area contributed by atoms with Crippen LogP contribution in [0.1, 0.15) is 50.9 Å². The van der Waals surface area contributed by atoms with Gasteiger partial charge < -0.3 is 29.4 Å². The van der Waals surface area contributed by atoms with E-state index >= 15 is 0 Å². The normalized spacial score (nSPS) is 14.9. The largest absolute Gasteiger partial charge is 0.487 e. The van der Waals surface area contributed by atoms with Crippen molar-refractivity contribution < 1.29 is 33.4 Å². The second-order valence-electron chi connectivity index (χ2n) is 11.8. The number of alkyl carbamates (subject to hydrolysis) is 1. The third-order valence-electron chi connectivity index (χ3n) is 6.36. The molecular weight excluding hydrogens is 590 g/mol. The number of hydrogen-bond donors (Lipinski definition) is 3. The monoisotopic (exact) mass is 632 g/mol. The summed E-state index contributed by atoms with van der Waals surface area (Å²) in [5.74, 6) is 2.12. The lowest BCUT2D eigenvalue weighted by atomic mass is 10.0. The maximum atomic E-state index is 12.8. The van der Waals surface area contributed by atoms with Gasteiger partial charge in [0.2, 0.25) is 11.7 Å². The number of nitrogens with one attached hydrogen (secondary N) is 1. The lowest BCUT2D eigenvalue weighted by Gasteiger charge is -2.29. The number of thiazole rings is 1. The summed E-state index contributed by atoms with van der Waals surface area (Å²) in [5.41, 5.74) is 1.08. The van der Waals surface area contributed by atoms with Gasteiger partial charge in [-0.3, -0.25) is 0 Å². The molecule has 1 aliphatic heterocycles. The average Bonchev–Trinajstić information content (AvgIpc) is 3.58. The Morgan fingerprint density at radius 3 is 2.51 bits per heavy atom. The van der Waals surface area contributed by atoms with Gasteiger partial charge in [-0.1, -0.05) is 30.3 Å². The van der Waals surface area contributed by atoms with Crippen molar-refractivity contribution in [3.8, 4) is 17.2 Å². The van der Waals surface area contributed by atoms with Gasteiger partial charge >= 0.3 is 6.09 Å². The molecule has 0 fully saturated rings. The fourth-order valence-electron chi connectivity index (χ4n) is 4.45. The first-order chi connectivity index (χ1) is 20.4. The molecule has 0 aliphatic carbocycles. The van der Waals surface area contributed by atoms with E-state index in [9.17, 15) is 14.5 Å². The second-order valence-corrected chi connectivity index (χ2v) is 14.4. The fourth-order valence-corrected chi connectivity index (χ4v) is 6.48. The summed E-state index contributed by atoms with van der Waals surface area (Å²) in [7, 11) is 0. The number of aliphatic hydroxyl groups excluding tert-OH is 1. The molecule has 3 unspecified atom stereocenters. The molecule has 3 atom stereocenters. The van der Waals surface area contributed by atoms with Crippen LogP contribution in [0, 0.1) is 12.8 Å². The van der Waals surface area contributed by atoms with Crippen LogP contribution in [-0.4, -0.2) is 62.7 Å². The highest BCUT2D eigenvalue weighted by Gasteiger charge is 2.37. The quantitative estimate of drug-likeness (QED) is 0.207. The molecule has 0 radical (unpaired) electrons. The first kappa shape index (κ1) is 32.9. The Labute approximate surface area is 260 Å². The number of aromatic nitrogens is 1. The van der Waals surface area contributed by atoms with E-state index in [0.717, 1.165) is 16.3 Å². The lowest BCUT2D eigenvalue weighted by molar-refractivity contribution is 0.0400. The predicted octanol–water partition coefficient (Wildman–Crippen LogP) is 5.58. The van der Waals surface area contributed by atoms with Crippen molar-refractivity contribution in [3.05, 3.63) is 64.1 Å². The standard InChI is InChI=1S/C31H41N3O7S2/c1-20(2)15-34(43(37)25-11-12-28-29(14-25)40-19-39-28)16-27(35)26(33-30(36)41-31(4,5)6)13-22-7-9-24(10-8-22)38-17-23-18-42-21(3)32-23/h7-12,14,18,20,26-27,35,37H,13,15-17,19H2,1-6H3/p+1. The Kier molecular flexibility index (Phi) is 11.2. The van der Waals surface area contributed by atoms with Crippen LogP contribution in [0.3, 0.4) is 0 Å². The first-order valence-electron chi connectivity index (χ1n) is 14.2. The minimum Gasteiger partial charge on any atom is -0.487 e. The number of carbonyl (C=O) groups excluding carboxylic acids is 1. The van der Waals surface area contributed by atoms with E-state index in [-0.39, 0.29) is 19.3 Å². The number of hydrogen-bond acceptors (Lipinski definition) is 10. The summed E-state index contributed by atoms with van der Waals surface area (Å²) < 4.78 is 35.5. The van der Waals surface area contributed by atoms with Gasteiger partial charge in [-0.15, -0.1) is 11.3 Å². The molecule has 10 nitrogen and oxygen atoms in total. The molecule has 1 aromatic heterocycles. The highest BCUT2D eigenvalue weighted by atomic mass is 32.2.